The third kappa shape index (κ3) is 7.64. The molecule has 0 radical (unpaired) electrons. The molecule has 11 heteroatoms. The van der Waals surface area contributed by atoms with Gasteiger partial charge in [-0.2, -0.15) is 8.78 Å². The molecule has 0 spiro atoms. The minimum Gasteiger partial charge on any atom is -0.497 e. The summed E-state index contributed by atoms with van der Waals surface area (Å²) in [5, 5.41) is 14.3. The normalized spacial score (nSPS) is 12.1. The lowest BCUT2D eigenvalue weighted by Crippen LogP contribution is -2.37. The Balaban J connectivity index is 2.24. The van der Waals surface area contributed by atoms with Crippen molar-refractivity contribution in [2.45, 2.75) is 26.5 Å². The molecule has 1 unspecified atom stereocenters. The number of hydrogen-bond acceptors (Lipinski definition) is 7. The van der Waals surface area contributed by atoms with Crippen LogP contribution in [0, 0.1) is 10.1 Å². The van der Waals surface area contributed by atoms with E-state index >= 15 is 0 Å². The number of ether oxygens (including phenoxy) is 3. The summed E-state index contributed by atoms with van der Waals surface area (Å²) in [4.78, 5) is 25.4. The molecule has 0 bridgehead atoms. The molecule has 1 N–H and O–H groups in total. The molecular formula is C24H29F2N3O6. The third-order valence-electron chi connectivity index (χ3n) is 5.34. The Labute approximate surface area is 202 Å². The SMILES string of the molecule is CCN(CC)C(CNC(=O)/C=C/c1cc(OC)c(OC(F)F)cc1[N+](=O)[O-])c1cccc(OC)c1. The Morgan fingerprint density at radius 3 is 2.43 bits per heavy atom. The van der Waals surface area contributed by atoms with E-state index in [-0.39, 0.29) is 23.9 Å². The molecule has 2 rings (SSSR count). The van der Waals surface area contributed by atoms with Crippen LogP contribution in [0.3, 0.4) is 0 Å². The van der Waals surface area contributed by atoms with E-state index in [1.165, 1.54) is 13.2 Å². The van der Waals surface area contributed by atoms with Gasteiger partial charge in [-0.15, -0.1) is 0 Å². The number of amides is 1. The molecule has 0 aliphatic heterocycles. The first-order valence-corrected chi connectivity index (χ1v) is 10.9. The smallest absolute Gasteiger partial charge is 0.387 e. The lowest BCUT2D eigenvalue weighted by Gasteiger charge is -2.30. The van der Waals surface area contributed by atoms with Gasteiger partial charge in [-0.05, 0) is 42.9 Å². The maximum atomic E-state index is 12.6. The Morgan fingerprint density at radius 2 is 1.86 bits per heavy atom. The number of alkyl halides is 2. The van der Waals surface area contributed by atoms with E-state index in [0.29, 0.717) is 5.75 Å². The standard InChI is InChI=1S/C24H29F2N3O6/c1-5-28(6-2)20(16-8-7-9-18(12-16)33-3)15-27-23(30)11-10-17-13-21(34-4)22(35-24(25)26)14-19(17)29(31)32/h7-14,20,24H,5-6,15H2,1-4H3,(H,27,30)/b11-10+. The number of hydrogen-bond donors (Lipinski definition) is 1. The molecule has 0 saturated heterocycles. The molecule has 190 valence electrons. The minimum absolute atomic E-state index is 0.00305. The first-order valence-electron chi connectivity index (χ1n) is 10.9. The van der Waals surface area contributed by atoms with E-state index in [2.05, 4.69) is 15.0 Å². The average Bonchev–Trinajstić information content (AvgIpc) is 2.84. The van der Waals surface area contributed by atoms with Gasteiger partial charge in [0.15, 0.2) is 11.5 Å². The van der Waals surface area contributed by atoms with Gasteiger partial charge in [0.2, 0.25) is 5.91 Å². The van der Waals surface area contributed by atoms with E-state index in [1.54, 1.807) is 7.11 Å². The number of carbonyl (C=O) groups is 1. The van der Waals surface area contributed by atoms with E-state index in [9.17, 15) is 23.7 Å². The summed E-state index contributed by atoms with van der Waals surface area (Å²) >= 11 is 0. The second-order valence-corrected chi connectivity index (χ2v) is 7.29. The summed E-state index contributed by atoms with van der Waals surface area (Å²) in [6.45, 7) is 2.65. The number of methoxy groups -OCH3 is 2. The summed E-state index contributed by atoms with van der Waals surface area (Å²) in [6, 6.07) is 9.44. The van der Waals surface area contributed by atoms with Crippen molar-refractivity contribution in [2.75, 3.05) is 33.9 Å². The van der Waals surface area contributed by atoms with Gasteiger partial charge in [-0.3, -0.25) is 19.8 Å². The fourth-order valence-electron chi connectivity index (χ4n) is 3.60. The van der Waals surface area contributed by atoms with Gasteiger partial charge in [0.1, 0.15) is 5.75 Å². The van der Waals surface area contributed by atoms with Gasteiger partial charge in [-0.1, -0.05) is 26.0 Å². The van der Waals surface area contributed by atoms with Crippen LogP contribution in [0.4, 0.5) is 14.5 Å². The van der Waals surface area contributed by atoms with Crippen molar-refractivity contribution in [1.29, 1.82) is 0 Å². The molecule has 1 atom stereocenters. The van der Waals surface area contributed by atoms with Crippen LogP contribution < -0.4 is 19.5 Å². The van der Waals surface area contributed by atoms with E-state index in [1.807, 2.05) is 38.1 Å². The van der Waals surface area contributed by atoms with Crippen molar-refractivity contribution in [3.8, 4) is 17.2 Å². The highest BCUT2D eigenvalue weighted by atomic mass is 19.3. The third-order valence-corrected chi connectivity index (χ3v) is 5.34. The Kier molecular flexibility index (Phi) is 10.4. The molecule has 1 amide bonds. The lowest BCUT2D eigenvalue weighted by molar-refractivity contribution is -0.385. The molecule has 0 aliphatic carbocycles. The van der Waals surface area contributed by atoms with Crippen LogP contribution in [0.25, 0.3) is 6.08 Å². The molecule has 0 fully saturated rings. The van der Waals surface area contributed by atoms with Crippen LogP contribution in [-0.2, 0) is 4.79 Å². The average molecular weight is 494 g/mol. The maximum absolute atomic E-state index is 12.6. The van der Waals surface area contributed by atoms with E-state index < -0.39 is 28.9 Å². The number of nitro groups is 1. The second kappa shape index (κ2) is 13.2. The summed E-state index contributed by atoms with van der Waals surface area (Å²) < 4.78 is 39.8. The number of nitrogens with zero attached hydrogens (tertiary/aromatic N) is 2. The fourth-order valence-corrected chi connectivity index (χ4v) is 3.60. The van der Waals surface area contributed by atoms with Crippen LogP contribution >= 0.6 is 0 Å². The van der Waals surface area contributed by atoms with Gasteiger partial charge in [0.25, 0.3) is 5.69 Å². The predicted molar refractivity (Wildman–Crippen MR) is 127 cm³/mol. The van der Waals surface area contributed by atoms with Crippen molar-refractivity contribution in [1.82, 2.24) is 10.2 Å². The Morgan fingerprint density at radius 1 is 1.14 bits per heavy atom. The largest absolute Gasteiger partial charge is 0.497 e. The number of likely N-dealkylation sites (N-methyl/N-ethyl adjacent to an activating group) is 1. The Hall–Kier alpha value is -3.73. The summed E-state index contributed by atoms with van der Waals surface area (Å²) in [7, 11) is 2.80. The van der Waals surface area contributed by atoms with Gasteiger partial charge >= 0.3 is 6.61 Å². The summed E-state index contributed by atoms with van der Waals surface area (Å²) in [5.74, 6) is -0.385. The second-order valence-electron chi connectivity index (χ2n) is 7.29. The number of nitrogens with one attached hydrogen (secondary N) is 1. The van der Waals surface area contributed by atoms with E-state index in [0.717, 1.165) is 36.9 Å². The zero-order chi connectivity index (χ0) is 26.0. The first kappa shape index (κ1) is 27.5. The number of halogens is 2. The minimum atomic E-state index is -3.18. The monoisotopic (exact) mass is 493 g/mol. The van der Waals surface area contributed by atoms with Crippen molar-refractivity contribution >= 4 is 17.7 Å². The molecule has 0 aromatic heterocycles. The molecule has 2 aromatic rings. The Bertz CT molecular complexity index is 1040. The van der Waals surface area contributed by atoms with Crippen molar-refractivity contribution in [3.63, 3.8) is 0 Å². The zero-order valence-electron chi connectivity index (χ0n) is 20.0. The molecule has 0 heterocycles. The van der Waals surface area contributed by atoms with Crippen molar-refractivity contribution < 1.29 is 32.7 Å². The van der Waals surface area contributed by atoms with Gasteiger partial charge < -0.3 is 19.5 Å². The van der Waals surface area contributed by atoms with Crippen LogP contribution in [-0.4, -0.2) is 56.2 Å². The van der Waals surface area contributed by atoms with E-state index in [4.69, 9.17) is 9.47 Å². The molecule has 2 aromatic carbocycles. The predicted octanol–water partition coefficient (Wildman–Crippen LogP) is 4.43. The quantitative estimate of drug-likeness (QED) is 0.250. The van der Waals surface area contributed by atoms with Crippen LogP contribution in [0.1, 0.15) is 31.0 Å². The summed E-state index contributed by atoms with van der Waals surface area (Å²) in [6.07, 6.45) is 2.36. The van der Waals surface area contributed by atoms with Gasteiger partial charge in [-0.25, -0.2) is 0 Å². The number of nitro benzene ring substituents is 1. The highest BCUT2D eigenvalue weighted by Crippen LogP contribution is 2.36. The topological polar surface area (TPSA) is 103 Å². The number of benzene rings is 2. The maximum Gasteiger partial charge on any atom is 0.387 e. The highest BCUT2D eigenvalue weighted by molar-refractivity contribution is 5.92. The number of carbonyl (C=O) groups excluding carboxylic acids is 1. The van der Waals surface area contributed by atoms with Crippen molar-refractivity contribution in [3.05, 3.63) is 63.7 Å². The van der Waals surface area contributed by atoms with Crippen molar-refractivity contribution in [2.24, 2.45) is 0 Å². The van der Waals surface area contributed by atoms with Gasteiger partial charge in [0, 0.05) is 12.6 Å². The molecule has 35 heavy (non-hydrogen) atoms. The molecule has 0 saturated carbocycles. The molecule has 9 nitrogen and oxygen atoms in total. The van der Waals surface area contributed by atoms with Gasteiger partial charge in [0.05, 0.1) is 36.8 Å². The zero-order valence-corrected chi connectivity index (χ0v) is 20.0. The highest BCUT2D eigenvalue weighted by Gasteiger charge is 2.21. The van der Waals surface area contributed by atoms with Crippen LogP contribution in [0.5, 0.6) is 17.2 Å². The fraction of sp³-hybridized carbons (Fsp3) is 0.375. The molecular weight excluding hydrogens is 464 g/mol. The van der Waals surface area contributed by atoms with Crippen LogP contribution in [0.15, 0.2) is 42.5 Å². The first-order chi connectivity index (χ1) is 16.7. The van der Waals surface area contributed by atoms with Crippen LogP contribution in [0.2, 0.25) is 0 Å². The summed E-state index contributed by atoms with van der Waals surface area (Å²) in [5.41, 5.74) is 0.451. The number of rotatable bonds is 13. The molecule has 0 aliphatic rings. The lowest BCUT2D eigenvalue weighted by atomic mass is 10.0.